The number of carbonyl (C=O) groups excluding carboxylic acids is 1. The van der Waals surface area contributed by atoms with Crippen molar-refractivity contribution in [3.05, 3.63) is 35.2 Å². The highest BCUT2D eigenvalue weighted by atomic mass is 32.2. The molecule has 2 unspecified atom stereocenters. The molecule has 6 rings (SSSR count). The summed E-state index contributed by atoms with van der Waals surface area (Å²) in [6, 6.07) is 4.95. The van der Waals surface area contributed by atoms with Crippen molar-refractivity contribution in [2.45, 2.75) is 45.3 Å². The van der Waals surface area contributed by atoms with Gasteiger partial charge in [-0.2, -0.15) is 11.8 Å². The van der Waals surface area contributed by atoms with Crippen LogP contribution >= 0.6 is 11.8 Å². The average Bonchev–Trinajstić information content (AvgIpc) is 3.30. The molecular formula is C28H34N6O2S. The lowest BCUT2D eigenvalue weighted by atomic mass is 9.88. The number of carbonyl (C=O) groups is 1. The lowest BCUT2D eigenvalue weighted by molar-refractivity contribution is -0.124. The highest BCUT2D eigenvalue weighted by molar-refractivity contribution is 7.99. The molecule has 2 atom stereocenters. The number of hydrogen-bond acceptors (Lipinski definition) is 8. The van der Waals surface area contributed by atoms with Gasteiger partial charge in [0.1, 0.15) is 29.8 Å². The first-order chi connectivity index (χ1) is 18.0. The highest BCUT2D eigenvalue weighted by Crippen LogP contribution is 2.45. The quantitative estimate of drug-likeness (QED) is 0.619. The Bertz CT molecular complexity index is 1260. The molecule has 4 aliphatic rings. The standard InChI is InChI=1S/C28H34N6O2S/c1-4-5-24(35)33-7-6-22(16-33)34-14-21(15-34)20-12-18(2)26-23(13-20)31-27-25(19(3)36-26)28(30-17-29-27)32-8-10-37-11-9-32/h12-13,17,19,21-22H,6-11,14-16H2,1-3H3,(H,29,30,31). The topological polar surface area (TPSA) is 73.8 Å². The second-order valence-corrected chi connectivity index (χ2v) is 11.6. The number of aryl methyl sites for hydroxylation is 1. The van der Waals surface area contributed by atoms with Crippen LogP contribution in [0, 0.1) is 18.8 Å². The maximum absolute atomic E-state index is 12.1. The van der Waals surface area contributed by atoms with Crippen LogP contribution in [0.15, 0.2) is 18.5 Å². The zero-order valence-corrected chi connectivity index (χ0v) is 22.6. The van der Waals surface area contributed by atoms with E-state index >= 15 is 0 Å². The van der Waals surface area contributed by atoms with Gasteiger partial charge in [-0.1, -0.05) is 12.0 Å². The lowest BCUT2D eigenvalue weighted by Crippen LogP contribution is -2.51. The Morgan fingerprint density at radius 3 is 2.76 bits per heavy atom. The van der Waals surface area contributed by atoms with Crippen LogP contribution in [0.25, 0.3) is 0 Å². The molecule has 4 aliphatic heterocycles. The van der Waals surface area contributed by atoms with Gasteiger partial charge in [0.15, 0.2) is 0 Å². The molecule has 1 amide bonds. The van der Waals surface area contributed by atoms with Gasteiger partial charge in [0, 0.05) is 62.7 Å². The summed E-state index contributed by atoms with van der Waals surface area (Å²) >= 11 is 1.99. The molecule has 0 radical (unpaired) electrons. The second-order valence-electron chi connectivity index (χ2n) is 10.4. The summed E-state index contributed by atoms with van der Waals surface area (Å²) in [7, 11) is 0. The summed E-state index contributed by atoms with van der Waals surface area (Å²) < 4.78 is 6.56. The van der Waals surface area contributed by atoms with Crippen molar-refractivity contribution in [3.8, 4) is 17.6 Å². The molecule has 5 heterocycles. The summed E-state index contributed by atoms with van der Waals surface area (Å²) in [6.07, 6.45) is 2.54. The number of likely N-dealkylation sites (tertiary alicyclic amines) is 2. The van der Waals surface area contributed by atoms with E-state index in [-0.39, 0.29) is 12.0 Å². The average molecular weight is 519 g/mol. The van der Waals surface area contributed by atoms with Crippen molar-refractivity contribution in [3.63, 3.8) is 0 Å². The number of ether oxygens (including phenoxy) is 1. The summed E-state index contributed by atoms with van der Waals surface area (Å²) in [5.74, 6) is 10.8. The molecule has 0 bridgehead atoms. The fraction of sp³-hybridized carbons (Fsp3) is 0.536. The fourth-order valence-electron chi connectivity index (χ4n) is 5.97. The lowest BCUT2D eigenvalue weighted by Gasteiger charge is -2.43. The van der Waals surface area contributed by atoms with Crippen molar-refractivity contribution in [2.24, 2.45) is 0 Å². The summed E-state index contributed by atoms with van der Waals surface area (Å²) in [6.45, 7) is 11.5. The highest BCUT2D eigenvalue weighted by Gasteiger charge is 2.38. The van der Waals surface area contributed by atoms with Gasteiger partial charge in [-0.3, -0.25) is 9.69 Å². The Kier molecular flexibility index (Phi) is 6.63. The van der Waals surface area contributed by atoms with E-state index in [9.17, 15) is 4.79 Å². The van der Waals surface area contributed by atoms with Gasteiger partial charge in [0.05, 0.1) is 11.3 Å². The van der Waals surface area contributed by atoms with E-state index in [1.165, 1.54) is 5.56 Å². The summed E-state index contributed by atoms with van der Waals surface area (Å²) in [4.78, 5) is 28.2. The molecule has 37 heavy (non-hydrogen) atoms. The third-order valence-electron chi connectivity index (χ3n) is 8.00. The zero-order chi connectivity index (χ0) is 25.5. The van der Waals surface area contributed by atoms with Gasteiger partial charge in [-0.25, -0.2) is 9.97 Å². The number of aromatic nitrogens is 2. The van der Waals surface area contributed by atoms with Crippen molar-refractivity contribution >= 4 is 35.0 Å². The minimum Gasteiger partial charge on any atom is -0.483 e. The molecule has 1 N–H and O–H groups in total. The van der Waals surface area contributed by atoms with E-state index < -0.39 is 0 Å². The van der Waals surface area contributed by atoms with Crippen molar-refractivity contribution in [2.75, 3.05) is 61.0 Å². The number of nitrogens with zero attached hydrogens (tertiary/aromatic N) is 5. The number of hydrogen-bond donors (Lipinski definition) is 1. The van der Waals surface area contributed by atoms with Crippen LogP contribution in [0.5, 0.6) is 5.75 Å². The molecule has 9 heteroatoms. The fourth-order valence-corrected chi connectivity index (χ4v) is 6.87. The van der Waals surface area contributed by atoms with Gasteiger partial charge >= 0.3 is 0 Å². The number of benzene rings is 1. The Hall–Kier alpha value is -2.96. The predicted molar refractivity (Wildman–Crippen MR) is 148 cm³/mol. The number of nitrogens with one attached hydrogen (secondary N) is 1. The molecule has 0 saturated carbocycles. The van der Waals surface area contributed by atoms with Gasteiger partial charge in [-0.15, -0.1) is 0 Å². The maximum Gasteiger partial charge on any atom is 0.298 e. The Morgan fingerprint density at radius 2 is 1.97 bits per heavy atom. The molecule has 0 aliphatic carbocycles. The SMILES string of the molecule is CC#CC(=O)N1CCC(N2CC(c3cc(C)c4c(c3)Nc3ncnc(N5CCSCC5)c3C(C)O4)C2)C1. The number of fused-ring (bicyclic) bond motifs is 2. The molecule has 194 valence electrons. The number of rotatable bonds is 3. The van der Waals surface area contributed by atoms with Gasteiger partial charge < -0.3 is 19.9 Å². The predicted octanol–water partition coefficient (Wildman–Crippen LogP) is 3.56. The maximum atomic E-state index is 12.1. The van der Waals surface area contributed by atoms with Gasteiger partial charge in [0.2, 0.25) is 0 Å². The van der Waals surface area contributed by atoms with E-state index in [0.29, 0.717) is 12.0 Å². The monoisotopic (exact) mass is 518 g/mol. The van der Waals surface area contributed by atoms with Crippen LogP contribution < -0.4 is 15.0 Å². The van der Waals surface area contributed by atoms with Crippen LogP contribution in [0.4, 0.5) is 17.3 Å². The molecule has 3 fully saturated rings. The minimum absolute atomic E-state index is 0.0461. The molecule has 1 aromatic heterocycles. The first-order valence-corrected chi connectivity index (χ1v) is 14.4. The van der Waals surface area contributed by atoms with Crippen LogP contribution in [0.3, 0.4) is 0 Å². The van der Waals surface area contributed by atoms with Crippen LogP contribution in [0.1, 0.15) is 49.0 Å². The molecular weight excluding hydrogens is 484 g/mol. The van der Waals surface area contributed by atoms with E-state index in [4.69, 9.17) is 4.74 Å². The zero-order valence-electron chi connectivity index (χ0n) is 21.8. The van der Waals surface area contributed by atoms with Crippen molar-refractivity contribution < 1.29 is 9.53 Å². The van der Waals surface area contributed by atoms with E-state index in [2.05, 4.69) is 62.9 Å². The number of thioether (sulfide) groups is 1. The van der Waals surface area contributed by atoms with Crippen molar-refractivity contribution in [1.82, 2.24) is 19.8 Å². The van der Waals surface area contributed by atoms with E-state index in [1.807, 2.05) is 16.7 Å². The van der Waals surface area contributed by atoms with Crippen LogP contribution in [0.2, 0.25) is 0 Å². The molecule has 1 aromatic carbocycles. The first kappa shape index (κ1) is 24.4. The molecule has 8 nitrogen and oxygen atoms in total. The Labute approximate surface area is 223 Å². The van der Waals surface area contributed by atoms with Crippen LogP contribution in [-0.4, -0.2) is 82.5 Å². The number of amides is 1. The molecule has 2 aromatic rings. The van der Waals surface area contributed by atoms with Gasteiger partial charge in [0.25, 0.3) is 5.91 Å². The second kappa shape index (κ2) is 10.1. The minimum atomic E-state index is -0.149. The third kappa shape index (κ3) is 4.62. The Balaban J connectivity index is 1.19. The molecule has 3 saturated heterocycles. The largest absolute Gasteiger partial charge is 0.483 e. The third-order valence-corrected chi connectivity index (χ3v) is 8.95. The normalized spacial score (nSPS) is 23.5. The van der Waals surface area contributed by atoms with Crippen LogP contribution in [-0.2, 0) is 4.79 Å². The first-order valence-electron chi connectivity index (χ1n) is 13.2. The number of anilines is 3. The van der Waals surface area contributed by atoms with E-state index in [0.717, 1.165) is 91.4 Å². The Morgan fingerprint density at radius 1 is 1.16 bits per heavy atom. The smallest absolute Gasteiger partial charge is 0.298 e. The van der Waals surface area contributed by atoms with Crippen molar-refractivity contribution in [1.29, 1.82) is 0 Å². The van der Waals surface area contributed by atoms with E-state index in [1.54, 1.807) is 13.3 Å². The molecule has 0 spiro atoms. The summed E-state index contributed by atoms with van der Waals surface area (Å²) in [5, 5.41) is 3.62. The summed E-state index contributed by atoms with van der Waals surface area (Å²) in [5.41, 5.74) is 4.48. The van der Waals surface area contributed by atoms with Gasteiger partial charge in [-0.05, 0) is 50.3 Å².